The first-order chi connectivity index (χ1) is 9.26. The predicted molar refractivity (Wildman–Crippen MR) is 73.1 cm³/mol. The quantitative estimate of drug-likeness (QED) is 0.568. The van der Waals surface area contributed by atoms with E-state index >= 15 is 0 Å². The topological polar surface area (TPSA) is 66.5 Å². The van der Waals surface area contributed by atoms with Crippen LogP contribution in [0.15, 0.2) is 35.7 Å². The molecule has 2 N–H and O–H groups in total. The lowest BCUT2D eigenvalue weighted by Gasteiger charge is -2.07. The minimum Gasteiger partial charge on any atom is -0.340 e. The molecule has 0 unspecified atom stereocenters. The van der Waals surface area contributed by atoms with E-state index in [2.05, 4.69) is 25.3 Å². The van der Waals surface area contributed by atoms with Gasteiger partial charge in [0.2, 0.25) is 0 Å². The molecule has 0 atom stereocenters. The van der Waals surface area contributed by atoms with Gasteiger partial charge in [0.05, 0.1) is 6.33 Å². The van der Waals surface area contributed by atoms with Gasteiger partial charge in [-0.1, -0.05) is 17.8 Å². The van der Waals surface area contributed by atoms with Crippen molar-refractivity contribution in [3.63, 3.8) is 0 Å². The molecule has 0 spiro atoms. The van der Waals surface area contributed by atoms with E-state index in [1.54, 1.807) is 18.5 Å². The second-order valence-corrected chi connectivity index (χ2v) is 4.57. The standard InChI is InChI=1S/C12H10FN5S/c1-19-12-17-10-9(14-6-15-10)11(18-12)16-8-4-2-3-7(13)5-8/h2-6H,1H3,(H2,14,15,16,17,18). The number of H-pyrrole nitrogens is 1. The highest BCUT2D eigenvalue weighted by atomic mass is 32.2. The van der Waals surface area contributed by atoms with Gasteiger partial charge in [-0.05, 0) is 24.5 Å². The molecule has 96 valence electrons. The third-order valence-corrected chi connectivity index (χ3v) is 3.08. The molecule has 0 aliphatic heterocycles. The van der Waals surface area contributed by atoms with Crippen LogP contribution in [0.2, 0.25) is 0 Å². The number of fused-ring (bicyclic) bond motifs is 1. The number of nitrogens with one attached hydrogen (secondary N) is 2. The summed E-state index contributed by atoms with van der Waals surface area (Å²) >= 11 is 1.42. The number of aromatic nitrogens is 4. The Kier molecular flexibility index (Phi) is 3.04. The normalized spacial score (nSPS) is 10.8. The van der Waals surface area contributed by atoms with E-state index in [4.69, 9.17) is 0 Å². The lowest BCUT2D eigenvalue weighted by atomic mass is 10.3. The number of hydrogen-bond donors (Lipinski definition) is 2. The van der Waals surface area contributed by atoms with Crippen molar-refractivity contribution >= 4 is 34.4 Å². The fourth-order valence-corrected chi connectivity index (χ4v) is 2.06. The molecule has 0 aliphatic rings. The minimum atomic E-state index is -0.301. The number of aromatic amines is 1. The van der Waals surface area contributed by atoms with Crippen molar-refractivity contribution < 1.29 is 4.39 Å². The first-order valence-electron chi connectivity index (χ1n) is 5.54. The summed E-state index contributed by atoms with van der Waals surface area (Å²) in [5, 5.41) is 3.68. The average molecular weight is 275 g/mol. The highest BCUT2D eigenvalue weighted by molar-refractivity contribution is 7.98. The van der Waals surface area contributed by atoms with Crippen LogP contribution in [0.4, 0.5) is 15.9 Å². The monoisotopic (exact) mass is 275 g/mol. The smallest absolute Gasteiger partial charge is 0.191 e. The van der Waals surface area contributed by atoms with Crippen LogP contribution in [-0.4, -0.2) is 26.2 Å². The second kappa shape index (κ2) is 4.85. The number of nitrogens with zero attached hydrogens (tertiary/aromatic N) is 3. The van der Waals surface area contributed by atoms with E-state index in [-0.39, 0.29) is 5.82 Å². The third-order valence-electron chi connectivity index (χ3n) is 2.54. The van der Waals surface area contributed by atoms with Crippen LogP contribution in [0.1, 0.15) is 0 Å². The highest BCUT2D eigenvalue weighted by Gasteiger charge is 2.09. The van der Waals surface area contributed by atoms with E-state index in [1.165, 1.54) is 23.9 Å². The molecule has 0 aliphatic carbocycles. The van der Waals surface area contributed by atoms with Crippen LogP contribution < -0.4 is 5.32 Å². The Bertz CT molecular complexity index is 727. The summed E-state index contributed by atoms with van der Waals surface area (Å²) in [6.07, 6.45) is 3.44. The van der Waals surface area contributed by atoms with Gasteiger partial charge in [-0.3, -0.25) is 0 Å². The van der Waals surface area contributed by atoms with Crippen LogP contribution >= 0.6 is 11.8 Å². The largest absolute Gasteiger partial charge is 0.340 e. The molecular weight excluding hydrogens is 265 g/mol. The Morgan fingerprint density at radius 2 is 2.21 bits per heavy atom. The molecular formula is C12H10FN5S. The van der Waals surface area contributed by atoms with E-state index in [0.717, 1.165) is 0 Å². The lowest BCUT2D eigenvalue weighted by Crippen LogP contribution is -1.98. The molecule has 0 fully saturated rings. The zero-order valence-electron chi connectivity index (χ0n) is 10.0. The Labute approximate surface area is 112 Å². The van der Waals surface area contributed by atoms with Crippen molar-refractivity contribution in [3.05, 3.63) is 36.4 Å². The van der Waals surface area contributed by atoms with Gasteiger partial charge in [0.1, 0.15) is 11.3 Å². The molecule has 19 heavy (non-hydrogen) atoms. The molecule has 2 heterocycles. The fourth-order valence-electron chi connectivity index (χ4n) is 1.70. The fraction of sp³-hybridized carbons (Fsp3) is 0.0833. The van der Waals surface area contributed by atoms with Crippen molar-refractivity contribution in [2.75, 3.05) is 11.6 Å². The molecule has 3 rings (SSSR count). The lowest BCUT2D eigenvalue weighted by molar-refractivity contribution is 0.628. The van der Waals surface area contributed by atoms with Crippen molar-refractivity contribution in [2.45, 2.75) is 5.16 Å². The summed E-state index contributed by atoms with van der Waals surface area (Å²) in [4.78, 5) is 15.7. The first-order valence-corrected chi connectivity index (χ1v) is 6.76. The van der Waals surface area contributed by atoms with Crippen LogP contribution in [0.3, 0.4) is 0 Å². The maximum Gasteiger partial charge on any atom is 0.191 e. The molecule has 0 radical (unpaired) electrons. The molecule has 0 bridgehead atoms. The van der Waals surface area contributed by atoms with Crippen molar-refractivity contribution in [1.29, 1.82) is 0 Å². The number of thioether (sulfide) groups is 1. The maximum atomic E-state index is 13.2. The zero-order chi connectivity index (χ0) is 13.2. The van der Waals surface area contributed by atoms with Gasteiger partial charge >= 0.3 is 0 Å². The van der Waals surface area contributed by atoms with Crippen LogP contribution in [-0.2, 0) is 0 Å². The Morgan fingerprint density at radius 3 is 3.00 bits per heavy atom. The number of rotatable bonds is 3. The van der Waals surface area contributed by atoms with Gasteiger partial charge in [-0.15, -0.1) is 0 Å². The summed E-state index contributed by atoms with van der Waals surface area (Å²) < 4.78 is 13.2. The van der Waals surface area contributed by atoms with E-state index in [1.807, 2.05) is 6.26 Å². The van der Waals surface area contributed by atoms with E-state index < -0.39 is 0 Å². The zero-order valence-corrected chi connectivity index (χ0v) is 10.8. The van der Waals surface area contributed by atoms with Crippen LogP contribution in [0, 0.1) is 5.82 Å². The molecule has 3 aromatic rings. The van der Waals surface area contributed by atoms with Gasteiger partial charge in [-0.25, -0.2) is 19.3 Å². The second-order valence-electron chi connectivity index (χ2n) is 3.80. The van der Waals surface area contributed by atoms with Gasteiger partial charge in [-0.2, -0.15) is 0 Å². The van der Waals surface area contributed by atoms with E-state index in [9.17, 15) is 4.39 Å². The Balaban J connectivity index is 2.06. The Morgan fingerprint density at radius 1 is 1.32 bits per heavy atom. The summed E-state index contributed by atoms with van der Waals surface area (Å²) in [5.74, 6) is 0.280. The minimum absolute atomic E-state index is 0.301. The van der Waals surface area contributed by atoms with Crippen LogP contribution in [0.25, 0.3) is 11.2 Å². The summed E-state index contributed by atoms with van der Waals surface area (Å²) in [6.45, 7) is 0. The number of imidazole rings is 1. The van der Waals surface area contributed by atoms with Gasteiger partial charge in [0.25, 0.3) is 0 Å². The van der Waals surface area contributed by atoms with Gasteiger partial charge < -0.3 is 10.3 Å². The summed E-state index contributed by atoms with van der Waals surface area (Å²) in [7, 11) is 0. The molecule has 1 aromatic carbocycles. The van der Waals surface area contributed by atoms with Crippen molar-refractivity contribution in [2.24, 2.45) is 0 Å². The first kappa shape index (κ1) is 11.9. The number of anilines is 2. The molecule has 7 heteroatoms. The van der Waals surface area contributed by atoms with Gasteiger partial charge in [0, 0.05) is 5.69 Å². The number of hydrogen-bond acceptors (Lipinski definition) is 5. The van der Waals surface area contributed by atoms with E-state index in [0.29, 0.717) is 27.8 Å². The molecule has 5 nitrogen and oxygen atoms in total. The molecule has 0 saturated heterocycles. The summed E-state index contributed by atoms with van der Waals surface area (Å²) in [5.41, 5.74) is 1.90. The van der Waals surface area contributed by atoms with Crippen molar-refractivity contribution in [3.8, 4) is 0 Å². The molecule has 0 saturated carbocycles. The maximum absolute atomic E-state index is 13.2. The van der Waals surface area contributed by atoms with Gasteiger partial charge in [0.15, 0.2) is 16.6 Å². The third kappa shape index (κ3) is 2.37. The predicted octanol–water partition coefficient (Wildman–Crippen LogP) is 2.96. The SMILES string of the molecule is CSc1nc(Nc2cccc(F)c2)c2[nH]cnc2n1. The van der Waals surface area contributed by atoms with Crippen LogP contribution in [0.5, 0.6) is 0 Å². The average Bonchev–Trinajstić information content (AvgIpc) is 2.87. The Hall–Kier alpha value is -2.15. The van der Waals surface area contributed by atoms with Crippen molar-refractivity contribution in [1.82, 2.24) is 19.9 Å². The number of halogens is 1. The highest BCUT2D eigenvalue weighted by Crippen LogP contribution is 2.24. The number of benzene rings is 1. The molecule has 0 amide bonds. The molecule has 2 aromatic heterocycles. The summed E-state index contributed by atoms with van der Waals surface area (Å²) in [6, 6.07) is 6.21.